The van der Waals surface area contributed by atoms with E-state index >= 15 is 0 Å². The molecular formula is C9H8F2N2O5. The molecule has 1 rings (SSSR count). The Kier molecular flexibility index (Phi) is 4.08. The largest absolute Gasteiger partial charge is 0.481 e. The predicted octanol–water partition coefficient (Wildman–Crippen LogP) is 1.56. The van der Waals surface area contributed by atoms with Gasteiger partial charge in [0.2, 0.25) is 0 Å². The number of pyridine rings is 1. The van der Waals surface area contributed by atoms with E-state index in [4.69, 9.17) is 5.11 Å². The van der Waals surface area contributed by atoms with E-state index in [1.54, 1.807) is 0 Å². The second kappa shape index (κ2) is 5.34. The van der Waals surface area contributed by atoms with Gasteiger partial charge in [0, 0.05) is 4.98 Å². The maximum atomic E-state index is 12.6. The highest BCUT2D eigenvalue weighted by atomic mass is 19.3. The molecule has 7 nitrogen and oxygen atoms in total. The molecule has 0 saturated heterocycles. The average molecular weight is 262 g/mol. The van der Waals surface area contributed by atoms with Gasteiger partial charge in [0.15, 0.2) is 0 Å². The maximum absolute atomic E-state index is 12.6. The summed E-state index contributed by atoms with van der Waals surface area (Å²) < 4.78 is 29.8. The average Bonchev–Trinajstić information content (AvgIpc) is 2.27. The van der Waals surface area contributed by atoms with Crippen LogP contribution in [0.4, 0.5) is 14.6 Å². The van der Waals surface area contributed by atoms with Crippen LogP contribution < -0.4 is 4.74 Å². The van der Waals surface area contributed by atoms with Crippen molar-refractivity contribution in [3.63, 3.8) is 0 Å². The minimum Gasteiger partial charge on any atom is -0.481 e. The summed E-state index contributed by atoms with van der Waals surface area (Å²) >= 11 is 0. The first kappa shape index (κ1) is 13.7. The molecule has 0 amide bonds. The number of ether oxygens (including phenoxy) is 1. The van der Waals surface area contributed by atoms with Crippen LogP contribution in [0.3, 0.4) is 0 Å². The van der Waals surface area contributed by atoms with Gasteiger partial charge in [-0.15, -0.1) is 0 Å². The number of hydrogen-bond donors (Lipinski definition) is 1. The van der Waals surface area contributed by atoms with E-state index in [1.807, 2.05) is 0 Å². The van der Waals surface area contributed by atoms with Crippen molar-refractivity contribution in [2.75, 3.05) is 7.11 Å². The van der Waals surface area contributed by atoms with Crippen LogP contribution in [-0.2, 0) is 11.2 Å². The van der Waals surface area contributed by atoms with Crippen LogP contribution in [0.2, 0.25) is 0 Å². The van der Waals surface area contributed by atoms with E-state index in [0.29, 0.717) is 0 Å². The molecule has 9 heteroatoms. The lowest BCUT2D eigenvalue weighted by atomic mass is 10.1. The van der Waals surface area contributed by atoms with Gasteiger partial charge >= 0.3 is 17.7 Å². The molecule has 1 heterocycles. The van der Waals surface area contributed by atoms with E-state index in [2.05, 4.69) is 9.72 Å². The summed E-state index contributed by atoms with van der Waals surface area (Å²) in [6, 6.07) is 0.725. The lowest BCUT2D eigenvalue weighted by molar-refractivity contribution is -0.390. The highest BCUT2D eigenvalue weighted by Gasteiger charge is 2.27. The summed E-state index contributed by atoms with van der Waals surface area (Å²) in [4.78, 5) is 23.5. The number of aromatic nitrogens is 1. The van der Waals surface area contributed by atoms with Crippen LogP contribution in [0.5, 0.6) is 5.88 Å². The Hall–Kier alpha value is -2.32. The van der Waals surface area contributed by atoms with Crippen molar-refractivity contribution in [2.24, 2.45) is 0 Å². The first-order chi connectivity index (χ1) is 8.36. The fourth-order valence-electron chi connectivity index (χ4n) is 1.32. The highest BCUT2D eigenvalue weighted by molar-refractivity contribution is 5.71. The molecule has 0 aromatic carbocycles. The number of halogens is 2. The predicted molar refractivity (Wildman–Crippen MR) is 53.7 cm³/mol. The lowest BCUT2D eigenvalue weighted by Gasteiger charge is -2.06. The minimum atomic E-state index is -2.97. The van der Waals surface area contributed by atoms with Crippen molar-refractivity contribution in [3.8, 4) is 5.88 Å². The molecule has 18 heavy (non-hydrogen) atoms. The van der Waals surface area contributed by atoms with Crippen molar-refractivity contribution in [2.45, 2.75) is 12.8 Å². The number of alkyl halides is 2. The monoisotopic (exact) mass is 262 g/mol. The van der Waals surface area contributed by atoms with E-state index in [0.717, 1.165) is 13.2 Å². The Morgan fingerprint density at radius 2 is 2.28 bits per heavy atom. The molecule has 0 atom stereocenters. The van der Waals surface area contributed by atoms with Gasteiger partial charge in [0.25, 0.3) is 6.43 Å². The molecule has 0 radical (unpaired) electrons. The van der Waals surface area contributed by atoms with Gasteiger partial charge in [-0.1, -0.05) is 0 Å². The molecule has 0 fully saturated rings. The number of carboxylic acid groups (broad SMARTS) is 1. The second-order valence-electron chi connectivity index (χ2n) is 3.20. The standard InChI is InChI=1S/C9H8F2N2O5/c1-18-9-5(7(10)11)2-4(3-6(14)15)8(12-9)13(16)17/h2,7H,3H2,1H3,(H,14,15). The van der Waals surface area contributed by atoms with Gasteiger partial charge < -0.3 is 20.0 Å². The number of nitro groups is 1. The van der Waals surface area contributed by atoms with E-state index < -0.39 is 46.6 Å². The molecule has 0 saturated carbocycles. The fourth-order valence-corrected chi connectivity index (χ4v) is 1.32. The summed E-state index contributed by atoms with van der Waals surface area (Å²) in [6.07, 6.45) is -3.74. The number of methoxy groups -OCH3 is 1. The quantitative estimate of drug-likeness (QED) is 0.638. The molecule has 0 aliphatic rings. The summed E-state index contributed by atoms with van der Waals surface area (Å²) in [5, 5.41) is 19.2. The van der Waals surface area contributed by atoms with Crippen LogP contribution in [0.25, 0.3) is 0 Å². The topological polar surface area (TPSA) is 103 Å². The van der Waals surface area contributed by atoms with Crippen LogP contribution in [0, 0.1) is 10.1 Å². The molecule has 1 aromatic rings. The molecule has 0 unspecified atom stereocenters. The van der Waals surface area contributed by atoms with Crippen LogP contribution >= 0.6 is 0 Å². The van der Waals surface area contributed by atoms with Gasteiger partial charge in [-0.25, -0.2) is 8.78 Å². The van der Waals surface area contributed by atoms with Crippen molar-refractivity contribution >= 4 is 11.8 Å². The molecule has 0 aliphatic heterocycles. The zero-order valence-corrected chi connectivity index (χ0v) is 9.09. The first-order valence-electron chi connectivity index (χ1n) is 4.59. The summed E-state index contributed by atoms with van der Waals surface area (Å²) in [5.41, 5.74) is -1.08. The van der Waals surface area contributed by atoms with Gasteiger partial charge in [-0.3, -0.25) is 4.79 Å². The van der Waals surface area contributed by atoms with E-state index in [-0.39, 0.29) is 0 Å². The minimum absolute atomic E-state index is 0.399. The number of hydrogen-bond acceptors (Lipinski definition) is 5. The Bertz CT molecular complexity index is 492. The molecule has 0 aliphatic carbocycles. The third-order valence-electron chi connectivity index (χ3n) is 2.01. The van der Waals surface area contributed by atoms with Crippen LogP contribution in [0.15, 0.2) is 6.07 Å². The summed E-state index contributed by atoms with van der Waals surface area (Å²) in [7, 11) is 1.04. The highest BCUT2D eigenvalue weighted by Crippen LogP contribution is 2.32. The smallest absolute Gasteiger partial charge is 0.371 e. The first-order valence-corrected chi connectivity index (χ1v) is 4.59. The van der Waals surface area contributed by atoms with Crippen molar-refractivity contribution < 1.29 is 28.3 Å². The van der Waals surface area contributed by atoms with Crippen LogP contribution in [-0.4, -0.2) is 28.1 Å². The van der Waals surface area contributed by atoms with E-state index in [1.165, 1.54) is 0 Å². The Morgan fingerprint density at radius 1 is 1.67 bits per heavy atom. The zero-order chi connectivity index (χ0) is 13.9. The summed E-state index contributed by atoms with van der Waals surface area (Å²) in [5.74, 6) is -2.78. The Balaban J connectivity index is 3.41. The normalized spacial score (nSPS) is 10.4. The van der Waals surface area contributed by atoms with Crippen molar-refractivity contribution in [3.05, 3.63) is 27.3 Å². The number of nitrogens with zero attached hydrogens (tertiary/aromatic N) is 2. The zero-order valence-electron chi connectivity index (χ0n) is 9.09. The second-order valence-corrected chi connectivity index (χ2v) is 3.20. The molecule has 98 valence electrons. The van der Waals surface area contributed by atoms with Gasteiger partial charge in [-0.05, 0) is 11.0 Å². The van der Waals surface area contributed by atoms with Gasteiger partial charge in [0.1, 0.15) is 5.56 Å². The maximum Gasteiger partial charge on any atom is 0.371 e. The van der Waals surface area contributed by atoms with Crippen molar-refractivity contribution in [1.82, 2.24) is 4.98 Å². The Morgan fingerprint density at radius 3 is 2.67 bits per heavy atom. The molecular weight excluding hydrogens is 254 g/mol. The molecule has 1 N–H and O–H groups in total. The van der Waals surface area contributed by atoms with Gasteiger partial charge in [-0.2, -0.15) is 0 Å². The van der Waals surface area contributed by atoms with Crippen molar-refractivity contribution in [1.29, 1.82) is 0 Å². The molecule has 1 aromatic heterocycles. The SMILES string of the molecule is COc1nc([N+](=O)[O-])c(CC(=O)O)cc1C(F)F. The fraction of sp³-hybridized carbons (Fsp3) is 0.333. The summed E-state index contributed by atoms with van der Waals surface area (Å²) in [6.45, 7) is 0. The van der Waals surface area contributed by atoms with Crippen LogP contribution in [0.1, 0.15) is 17.6 Å². The number of rotatable bonds is 5. The lowest BCUT2D eigenvalue weighted by Crippen LogP contribution is -2.08. The van der Waals surface area contributed by atoms with E-state index in [9.17, 15) is 23.7 Å². The third-order valence-corrected chi connectivity index (χ3v) is 2.01. The molecule has 0 spiro atoms. The molecule has 0 bridgehead atoms. The van der Waals surface area contributed by atoms with Gasteiger partial charge in [0.05, 0.1) is 19.1 Å². The third kappa shape index (κ3) is 2.87. The Labute approximate surface area is 99.2 Å². The number of carboxylic acids is 1. The number of aliphatic carboxylic acids is 1. The number of carbonyl (C=O) groups is 1.